The normalized spacial score (nSPS) is 14.4. The molecule has 0 saturated carbocycles. The molecule has 6 heteroatoms. The van der Waals surface area contributed by atoms with Crippen LogP contribution in [0.25, 0.3) is 0 Å². The Morgan fingerprint density at radius 3 is 2.57 bits per heavy atom. The molecule has 0 aliphatic heterocycles. The van der Waals surface area contributed by atoms with Crippen molar-refractivity contribution in [3.8, 4) is 0 Å². The first-order valence-corrected chi connectivity index (χ1v) is 7.07. The Kier molecular flexibility index (Phi) is 6.01. The Bertz CT molecular complexity index is 499. The van der Waals surface area contributed by atoms with Crippen LogP contribution < -0.4 is 5.32 Å². The Labute approximate surface area is 129 Å². The lowest BCUT2D eigenvalue weighted by atomic mass is 9.99. The van der Waals surface area contributed by atoms with Gasteiger partial charge in [-0.05, 0) is 51.0 Å². The van der Waals surface area contributed by atoms with Crippen LogP contribution in [0.3, 0.4) is 0 Å². The van der Waals surface area contributed by atoms with Gasteiger partial charge in [-0.2, -0.15) is 0 Å². The Morgan fingerprint density at radius 2 is 2.00 bits per heavy atom. The molecule has 1 rings (SSSR count). The lowest BCUT2D eigenvalue weighted by molar-refractivity contribution is 0.0126. The summed E-state index contributed by atoms with van der Waals surface area (Å²) in [6, 6.07) is 5.06. The SMILES string of the molecule is Cc1ccc(Cl)cc1C(O)C(O)CNC(=O)OC(C)(C)C. The first kappa shape index (κ1) is 17.8. The number of amides is 1. The maximum Gasteiger partial charge on any atom is 0.407 e. The molecule has 0 aliphatic carbocycles. The Balaban J connectivity index is 2.61. The van der Waals surface area contributed by atoms with E-state index in [4.69, 9.17) is 16.3 Å². The van der Waals surface area contributed by atoms with Crippen molar-refractivity contribution in [1.82, 2.24) is 5.32 Å². The van der Waals surface area contributed by atoms with Gasteiger partial charge in [-0.25, -0.2) is 4.79 Å². The number of aryl methyl sites for hydroxylation is 1. The first-order chi connectivity index (χ1) is 9.60. The zero-order chi connectivity index (χ0) is 16.2. The second-order valence-electron chi connectivity index (χ2n) is 5.90. The summed E-state index contributed by atoms with van der Waals surface area (Å²) in [5, 5.41) is 23.0. The third-order valence-corrected chi connectivity index (χ3v) is 3.01. The van der Waals surface area contributed by atoms with Crippen LogP contribution in [0.2, 0.25) is 5.02 Å². The smallest absolute Gasteiger partial charge is 0.407 e. The summed E-state index contributed by atoms with van der Waals surface area (Å²) >= 11 is 5.88. The van der Waals surface area contributed by atoms with E-state index in [9.17, 15) is 15.0 Å². The number of ether oxygens (including phenoxy) is 1. The van der Waals surface area contributed by atoms with Gasteiger partial charge in [0.25, 0.3) is 0 Å². The highest BCUT2D eigenvalue weighted by atomic mass is 35.5. The molecule has 0 bridgehead atoms. The number of halogens is 1. The van der Waals surface area contributed by atoms with Crippen LogP contribution in [0.5, 0.6) is 0 Å². The maximum atomic E-state index is 11.5. The lowest BCUT2D eigenvalue weighted by Gasteiger charge is -2.23. The molecule has 0 aliphatic rings. The molecule has 118 valence electrons. The van der Waals surface area contributed by atoms with Crippen molar-refractivity contribution < 1.29 is 19.7 Å². The minimum absolute atomic E-state index is 0.123. The fourth-order valence-electron chi connectivity index (χ4n) is 1.75. The zero-order valence-corrected chi connectivity index (χ0v) is 13.4. The summed E-state index contributed by atoms with van der Waals surface area (Å²) in [6.07, 6.45) is -2.94. The summed E-state index contributed by atoms with van der Waals surface area (Å²) in [5.41, 5.74) is 0.723. The van der Waals surface area contributed by atoms with E-state index in [1.54, 1.807) is 39.0 Å². The molecular formula is C15H22ClNO4. The number of hydrogen-bond donors (Lipinski definition) is 3. The van der Waals surface area contributed by atoms with Crippen molar-refractivity contribution >= 4 is 17.7 Å². The third kappa shape index (κ3) is 5.91. The predicted octanol–water partition coefficient (Wildman–Crippen LogP) is 2.57. The molecule has 5 nitrogen and oxygen atoms in total. The summed E-state index contributed by atoms with van der Waals surface area (Å²) in [7, 11) is 0. The molecule has 1 aromatic carbocycles. The molecule has 0 fully saturated rings. The quantitative estimate of drug-likeness (QED) is 0.798. The molecule has 1 amide bonds. The highest BCUT2D eigenvalue weighted by Gasteiger charge is 2.22. The van der Waals surface area contributed by atoms with Gasteiger partial charge in [0.1, 0.15) is 17.8 Å². The molecule has 2 atom stereocenters. The van der Waals surface area contributed by atoms with Crippen LogP contribution in [0, 0.1) is 6.92 Å². The summed E-state index contributed by atoms with van der Waals surface area (Å²) in [4.78, 5) is 11.5. The number of hydrogen-bond acceptors (Lipinski definition) is 4. The van der Waals surface area contributed by atoms with Gasteiger partial charge in [-0.1, -0.05) is 17.7 Å². The van der Waals surface area contributed by atoms with E-state index in [2.05, 4.69) is 5.32 Å². The second kappa shape index (κ2) is 7.11. The summed E-state index contributed by atoms with van der Waals surface area (Å²) in [6.45, 7) is 6.92. The molecule has 0 spiro atoms. The maximum absolute atomic E-state index is 11.5. The molecule has 0 heterocycles. The van der Waals surface area contributed by atoms with E-state index in [1.165, 1.54) is 0 Å². The fourth-order valence-corrected chi connectivity index (χ4v) is 1.93. The van der Waals surface area contributed by atoms with Gasteiger partial charge < -0.3 is 20.3 Å². The molecule has 0 radical (unpaired) electrons. The van der Waals surface area contributed by atoms with Crippen LogP contribution >= 0.6 is 11.6 Å². The van der Waals surface area contributed by atoms with Gasteiger partial charge >= 0.3 is 6.09 Å². The number of benzene rings is 1. The van der Waals surface area contributed by atoms with E-state index < -0.39 is 23.9 Å². The Morgan fingerprint density at radius 1 is 1.38 bits per heavy atom. The largest absolute Gasteiger partial charge is 0.444 e. The second-order valence-corrected chi connectivity index (χ2v) is 6.33. The molecule has 0 aromatic heterocycles. The van der Waals surface area contributed by atoms with Crippen LogP contribution in [-0.4, -0.2) is 34.6 Å². The molecular weight excluding hydrogens is 294 g/mol. The minimum atomic E-state index is -1.16. The summed E-state index contributed by atoms with van der Waals surface area (Å²) in [5.74, 6) is 0. The monoisotopic (exact) mass is 315 g/mol. The zero-order valence-electron chi connectivity index (χ0n) is 12.7. The number of rotatable bonds is 4. The predicted molar refractivity (Wildman–Crippen MR) is 81.4 cm³/mol. The van der Waals surface area contributed by atoms with Gasteiger partial charge in [0.15, 0.2) is 0 Å². The number of carbonyl (C=O) groups is 1. The van der Waals surface area contributed by atoms with Crippen molar-refractivity contribution in [2.45, 2.75) is 45.5 Å². The fraction of sp³-hybridized carbons (Fsp3) is 0.533. The van der Waals surface area contributed by atoms with Crippen LogP contribution in [0.4, 0.5) is 4.79 Å². The minimum Gasteiger partial charge on any atom is -0.444 e. The van der Waals surface area contributed by atoms with Crippen molar-refractivity contribution in [1.29, 1.82) is 0 Å². The van der Waals surface area contributed by atoms with E-state index in [0.717, 1.165) is 5.56 Å². The number of carbonyl (C=O) groups excluding carboxylic acids is 1. The molecule has 0 saturated heterocycles. The Hall–Kier alpha value is -1.30. The average Bonchev–Trinajstić information content (AvgIpc) is 2.36. The topological polar surface area (TPSA) is 78.8 Å². The molecule has 1 aromatic rings. The van der Waals surface area contributed by atoms with Gasteiger partial charge in [-0.3, -0.25) is 0 Å². The molecule has 2 unspecified atom stereocenters. The van der Waals surface area contributed by atoms with Gasteiger partial charge in [0, 0.05) is 11.6 Å². The third-order valence-electron chi connectivity index (χ3n) is 2.78. The van der Waals surface area contributed by atoms with E-state index in [1.807, 2.05) is 6.92 Å². The first-order valence-electron chi connectivity index (χ1n) is 6.69. The highest BCUT2D eigenvalue weighted by Crippen LogP contribution is 2.24. The number of aliphatic hydroxyl groups excluding tert-OH is 2. The van der Waals surface area contributed by atoms with Crippen molar-refractivity contribution in [3.05, 3.63) is 34.3 Å². The summed E-state index contributed by atoms with van der Waals surface area (Å²) < 4.78 is 5.05. The molecule has 21 heavy (non-hydrogen) atoms. The van der Waals surface area contributed by atoms with Gasteiger partial charge in [0.05, 0.1) is 0 Å². The van der Waals surface area contributed by atoms with Crippen molar-refractivity contribution in [3.63, 3.8) is 0 Å². The average molecular weight is 316 g/mol. The molecule has 3 N–H and O–H groups in total. The van der Waals surface area contributed by atoms with Gasteiger partial charge in [0.2, 0.25) is 0 Å². The van der Waals surface area contributed by atoms with Crippen LogP contribution in [-0.2, 0) is 4.74 Å². The lowest BCUT2D eigenvalue weighted by Crippen LogP contribution is -2.39. The van der Waals surface area contributed by atoms with Gasteiger partial charge in [-0.15, -0.1) is 0 Å². The van der Waals surface area contributed by atoms with Crippen LogP contribution in [0.15, 0.2) is 18.2 Å². The van der Waals surface area contributed by atoms with E-state index in [-0.39, 0.29) is 6.54 Å². The van der Waals surface area contributed by atoms with Crippen molar-refractivity contribution in [2.75, 3.05) is 6.54 Å². The standard InChI is InChI=1S/C15H22ClNO4/c1-9-5-6-10(16)7-11(9)13(19)12(18)8-17-14(20)21-15(2,3)4/h5-7,12-13,18-19H,8H2,1-4H3,(H,17,20). The number of aliphatic hydroxyl groups is 2. The number of nitrogens with one attached hydrogen (secondary N) is 1. The van der Waals surface area contributed by atoms with E-state index >= 15 is 0 Å². The van der Waals surface area contributed by atoms with E-state index in [0.29, 0.717) is 10.6 Å². The number of alkyl carbamates (subject to hydrolysis) is 1. The van der Waals surface area contributed by atoms with Crippen molar-refractivity contribution in [2.24, 2.45) is 0 Å². The highest BCUT2D eigenvalue weighted by molar-refractivity contribution is 6.30. The van der Waals surface area contributed by atoms with Crippen LogP contribution in [0.1, 0.15) is 38.0 Å².